The Morgan fingerprint density at radius 2 is 2.35 bits per heavy atom. The van der Waals surface area contributed by atoms with Crippen molar-refractivity contribution < 1.29 is 4.79 Å². The molecule has 1 saturated heterocycles. The largest absolute Gasteiger partial charge is 0.361 e. The van der Waals surface area contributed by atoms with Gasteiger partial charge in [-0.05, 0) is 43.0 Å². The van der Waals surface area contributed by atoms with Crippen molar-refractivity contribution in [1.29, 1.82) is 0 Å². The van der Waals surface area contributed by atoms with Crippen LogP contribution in [-0.2, 0) is 11.2 Å². The first-order chi connectivity index (χ1) is 11.2. The highest BCUT2D eigenvalue weighted by atomic mass is 16.2. The third kappa shape index (κ3) is 2.26. The summed E-state index contributed by atoms with van der Waals surface area (Å²) in [5.41, 5.74) is 6.38. The minimum atomic E-state index is -0.0309. The van der Waals surface area contributed by atoms with E-state index in [1.807, 2.05) is 0 Å². The molecule has 23 heavy (non-hydrogen) atoms. The van der Waals surface area contributed by atoms with E-state index >= 15 is 0 Å². The fourth-order valence-corrected chi connectivity index (χ4v) is 4.65. The molecule has 5 nitrogen and oxygen atoms in total. The summed E-state index contributed by atoms with van der Waals surface area (Å²) >= 11 is 0. The van der Waals surface area contributed by atoms with Crippen molar-refractivity contribution in [2.24, 2.45) is 11.8 Å². The Morgan fingerprint density at radius 3 is 3.13 bits per heavy atom. The van der Waals surface area contributed by atoms with Gasteiger partial charge in [-0.25, -0.2) is 5.84 Å². The number of fused-ring (bicyclic) bond motifs is 2. The summed E-state index contributed by atoms with van der Waals surface area (Å²) in [4.78, 5) is 18.1. The highest BCUT2D eigenvalue weighted by Crippen LogP contribution is 2.44. The maximum atomic E-state index is 12.2. The fourth-order valence-electron chi connectivity index (χ4n) is 4.65. The summed E-state index contributed by atoms with van der Waals surface area (Å²) in [5.74, 6) is 5.76. The second kappa shape index (κ2) is 5.65. The average molecular weight is 312 g/mol. The summed E-state index contributed by atoms with van der Waals surface area (Å²) in [5, 5.41) is 1.37. The molecule has 1 aliphatic carbocycles. The molecule has 0 unspecified atom stereocenters. The molecule has 0 radical (unpaired) electrons. The van der Waals surface area contributed by atoms with Gasteiger partial charge in [-0.2, -0.15) is 0 Å². The predicted molar refractivity (Wildman–Crippen MR) is 90.8 cm³/mol. The lowest BCUT2D eigenvalue weighted by Gasteiger charge is -2.46. The summed E-state index contributed by atoms with van der Waals surface area (Å²) in [6.07, 6.45) is 5.22. The molecular weight excluding hydrogens is 288 g/mol. The molecule has 0 saturated carbocycles. The van der Waals surface area contributed by atoms with E-state index in [2.05, 4.69) is 46.6 Å². The van der Waals surface area contributed by atoms with Crippen LogP contribution in [0, 0.1) is 5.92 Å². The maximum absolute atomic E-state index is 12.2. The highest BCUT2D eigenvalue weighted by molar-refractivity contribution is 5.88. The molecule has 1 aromatic carbocycles. The van der Waals surface area contributed by atoms with E-state index in [1.54, 1.807) is 0 Å². The van der Waals surface area contributed by atoms with E-state index in [1.165, 1.54) is 22.0 Å². The van der Waals surface area contributed by atoms with Crippen molar-refractivity contribution in [2.75, 3.05) is 13.1 Å². The molecular formula is C18H24N4O. The molecule has 5 heteroatoms. The molecule has 2 aliphatic rings. The first-order valence-electron chi connectivity index (χ1n) is 8.56. The number of rotatable bonds is 3. The topological polar surface area (TPSA) is 74.2 Å². The molecule has 1 aliphatic heterocycles. The maximum Gasteiger partial charge on any atom is 0.238 e. The number of carbonyl (C=O) groups is 1. The van der Waals surface area contributed by atoms with Crippen molar-refractivity contribution in [2.45, 2.75) is 38.1 Å². The van der Waals surface area contributed by atoms with Crippen LogP contribution in [0.1, 0.15) is 36.8 Å². The zero-order valence-electron chi connectivity index (χ0n) is 13.5. The Balaban J connectivity index is 1.77. The van der Waals surface area contributed by atoms with Gasteiger partial charge in [0.1, 0.15) is 0 Å². The van der Waals surface area contributed by atoms with Gasteiger partial charge in [0, 0.05) is 35.6 Å². The van der Waals surface area contributed by atoms with Crippen LogP contribution in [0.15, 0.2) is 24.4 Å². The number of hydrazine groups is 1. The Labute approximate surface area is 136 Å². The number of nitrogens with one attached hydrogen (secondary N) is 2. The zero-order chi connectivity index (χ0) is 16.0. The van der Waals surface area contributed by atoms with Crippen LogP contribution in [0.25, 0.3) is 10.9 Å². The van der Waals surface area contributed by atoms with Gasteiger partial charge in [0.05, 0.1) is 5.92 Å². The first kappa shape index (κ1) is 14.7. The minimum Gasteiger partial charge on any atom is -0.361 e. The number of piperidine rings is 1. The molecule has 4 N–H and O–H groups in total. The Bertz CT molecular complexity index is 738. The normalized spacial score (nSPS) is 27.0. The van der Waals surface area contributed by atoms with Crippen LogP contribution in [0.5, 0.6) is 0 Å². The molecule has 1 aromatic heterocycles. The van der Waals surface area contributed by atoms with Crippen LogP contribution in [0.4, 0.5) is 0 Å². The molecule has 1 amide bonds. The molecule has 2 aromatic rings. The third-order valence-electron chi connectivity index (χ3n) is 5.60. The van der Waals surface area contributed by atoms with E-state index < -0.39 is 0 Å². The molecule has 0 bridgehead atoms. The zero-order valence-corrected chi connectivity index (χ0v) is 13.5. The second-order valence-corrected chi connectivity index (χ2v) is 6.90. The number of H-pyrrole nitrogens is 1. The highest BCUT2D eigenvalue weighted by Gasteiger charge is 2.42. The Kier molecular flexibility index (Phi) is 3.62. The average Bonchev–Trinajstić information content (AvgIpc) is 2.99. The number of carbonyl (C=O) groups excluding carboxylic acids is 1. The molecule has 3 atom stereocenters. The number of amides is 1. The van der Waals surface area contributed by atoms with Crippen LogP contribution in [-0.4, -0.2) is 34.9 Å². The van der Waals surface area contributed by atoms with Gasteiger partial charge >= 0.3 is 0 Å². The number of likely N-dealkylation sites (tertiary alicyclic amines) is 1. The van der Waals surface area contributed by atoms with Crippen LogP contribution >= 0.6 is 0 Å². The second-order valence-electron chi connectivity index (χ2n) is 6.90. The van der Waals surface area contributed by atoms with Gasteiger partial charge < -0.3 is 4.98 Å². The third-order valence-corrected chi connectivity index (χ3v) is 5.60. The summed E-state index contributed by atoms with van der Waals surface area (Å²) < 4.78 is 0. The van der Waals surface area contributed by atoms with Crippen molar-refractivity contribution in [3.05, 3.63) is 35.5 Å². The van der Waals surface area contributed by atoms with Gasteiger partial charge in [0.25, 0.3) is 0 Å². The predicted octanol–water partition coefficient (Wildman–Crippen LogP) is 1.90. The standard InChI is InChI=1S/C18H24N4O/c1-2-6-22-10-12(18(23)21-19)7-14-13-4-3-5-15-17(13)11(9-20-15)8-16(14)22/h3-5,9,12,14,16,20H,2,6-8,10,19H2,1H3,(H,21,23)/t12-,14+,16+/m0/s1. The smallest absolute Gasteiger partial charge is 0.238 e. The van der Waals surface area contributed by atoms with E-state index in [9.17, 15) is 4.79 Å². The van der Waals surface area contributed by atoms with E-state index in [4.69, 9.17) is 5.84 Å². The number of hydrogen-bond acceptors (Lipinski definition) is 3. The monoisotopic (exact) mass is 312 g/mol. The van der Waals surface area contributed by atoms with E-state index in [-0.39, 0.29) is 11.8 Å². The Hall–Kier alpha value is -1.85. The fraction of sp³-hybridized carbons (Fsp3) is 0.500. The molecule has 2 heterocycles. The number of nitrogens with zero attached hydrogens (tertiary/aromatic N) is 1. The molecule has 1 fully saturated rings. The number of benzene rings is 1. The minimum absolute atomic E-state index is 0.0245. The molecule has 122 valence electrons. The van der Waals surface area contributed by atoms with Crippen LogP contribution in [0.3, 0.4) is 0 Å². The summed E-state index contributed by atoms with van der Waals surface area (Å²) in [7, 11) is 0. The number of aromatic nitrogens is 1. The van der Waals surface area contributed by atoms with Gasteiger partial charge in [-0.3, -0.25) is 15.1 Å². The van der Waals surface area contributed by atoms with Crippen molar-refractivity contribution >= 4 is 16.8 Å². The van der Waals surface area contributed by atoms with Gasteiger partial charge in [0.2, 0.25) is 5.91 Å². The van der Waals surface area contributed by atoms with Gasteiger partial charge in [-0.15, -0.1) is 0 Å². The quantitative estimate of drug-likeness (QED) is 0.460. The number of hydrogen-bond donors (Lipinski definition) is 3. The summed E-state index contributed by atoms with van der Waals surface area (Å²) in [6, 6.07) is 6.99. The number of aromatic amines is 1. The molecule has 4 rings (SSSR count). The molecule has 0 spiro atoms. The SMILES string of the molecule is CCCN1C[C@@H](C(=O)NN)C[C@@H]2c3cccc4[nH]cc(c34)C[C@H]21. The van der Waals surface area contributed by atoms with Crippen molar-refractivity contribution in [1.82, 2.24) is 15.3 Å². The Morgan fingerprint density at radius 1 is 1.48 bits per heavy atom. The summed E-state index contributed by atoms with van der Waals surface area (Å²) in [6.45, 7) is 4.05. The lowest BCUT2D eigenvalue weighted by Crippen LogP contribution is -2.53. The van der Waals surface area contributed by atoms with E-state index in [0.717, 1.165) is 32.4 Å². The number of nitrogens with two attached hydrogens (primary N) is 1. The van der Waals surface area contributed by atoms with Crippen molar-refractivity contribution in [3.8, 4) is 0 Å². The first-order valence-corrected chi connectivity index (χ1v) is 8.56. The van der Waals surface area contributed by atoms with E-state index in [0.29, 0.717) is 12.0 Å². The van der Waals surface area contributed by atoms with Crippen LogP contribution in [0.2, 0.25) is 0 Å². The van der Waals surface area contributed by atoms with Crippen LogP contribution < -0.4 is 11.3 Å². The van der Waals surface area contributed by atoms with Gasteiger partial charge in [0.15, 0.2) is 0 Å². The lowest BCUT2D eigenvalue weighted by molar-refractivity contribution is -0.127. The van der Waals surface area contributed by atoms with Crippen molar-refractivity contribution in [3.63, 3.8) is 0 Å². The lowest BCUT2D eigenvalue weighted by atomic mass is 9.72. The van der Waals surface area contributed by atoms with Gasteiger partial charge in [-0.1, -0.05) is 19.1 Å².